The number of urea groups is 1. The van der Waals surface area contributed by atoms with Gasteiger partial charge in [0.2, 0.25) is 0 Å². The zero-order chi connectivity index (χ0) is 19.2. The second-order valence-electron chi connectivity index (χ2n) is 6.93. The largest absolute Gasteiger partial charge is 0.325 e. The van der Waals surface area contributed by atoms with Gasteiger partial charge >= 0.3 is 6.03 Å². The fourth-order valence-electron chi connectivity index (χ4n) is 3.39. The van der Waals surface area contributed by atoms with E-state index in [-0.39, 0.29) is 18.5 Å². The fourth-order valence-corrected chi connectivity index (χ4v) is 4.22. The summed E-state index contributed by atoms with van der Waals surface area (Å²) in [5.74, 6) is -0.224. The summed E-state index contributed by atoms with van der Waals surface area (Å²) in [5.41, 5.74) is 2.86. The Hall–Kier alpha value is -2.93. The van der Waals surface area contributed by atoms with Crippen molar-refractivity contribution >= 4 is 23.3 Å². The van der Waals surface area contributed by atoms with Gasteiger partial charge in [0.25, 0.3) is 5.91 Å². The van der Waals surface area contributed by atoms with Gasteiger partial charge in [0, 0.05) is 10.6 Å². The van der Waals surface area contributed by atoms with E-state index in [2.05, 4.69) is 10.4 Å². The molecule has 0 spiro atoms. The summed E-state index contributed by atoms with van der Waals surface area (Å²) in [4.78, 5) is 27.4. The van der Waals surface area contributed by atoms with Crippen molar-refractivity contribution in [1.29, 1.82) is 0 Å². The Labute approximate surface area is 161 Å². The molecule has 0 radical (unpaired) electrons. The first-order valence-electron chi connectivity index (χ1n) is 8.69. The van der Waals surface area contributed by atoms with E-state index in [9.17, 15) is 9.59 Å². The van der Waals surface area contributed by atoms with Crippen molar-refractivity contribution in [1.82, 2.24) is 20.0 Å². The van der Waals surface area contributed by atoms with Gasteiger partial charge in [-0.1, -0.05) is 18.2 Å². The maximum absolute atomic E-state index is 12.9. The zero-order valence-electron chi connectivity index (χ0n) is 15.4. The number of rotatable bonds is 4. The molecule has 1 unspecified atom stereocenters. The molecule has 1 aliphatic heterocycles. The Morgan fingerprint density at radius 3 is 2.48 bits per heavy atom. The van der Waals surface area contributed by atoms with Crippen LogP contribution in [0.3, 0.4) is 0 Å². The fraction of sp³-hybridized carbons (Fsp3) is 0.250. The molecule has 3 heterocycles. The zero-order valence-corrected chi connectivity index (χ0v) is 16.2. The maximum Gasteiger partial charge on any atom is 0.325 e. The Morgan fingerprint density at radius 1 is 1.15 bits per heavy atom. The number of carbonyl (C=O) groups excluding carboxylic acids is 2. The van der Waals surface area contributed by atoms with Gasteiger partial charge in [-0.3, -0.25) is 9.69 Å². The Balaban J connectivity index is 1.55. The van der Waals surface area contributed by atoms with Crippen LogP contribution in [0.15, 0.2) is 47.8 Å². The van der Waals surface area contributed by atoms with Gasteiger partial charge in [0.15, 0.2) is 5.54 Å². The standard InChI is InChI=1S/C20H20N4O2S/c1-13-11-14(2)24(22-13)16-8-6-15(7-9-16)12-23-18(25)20(3,21-19(23)26)17-5-4-10-27-17/h4-11H,12H2,1-3H3,(H,21,26). The minimum Gasteiger partial charge on any atom is -0.319 e. The lowest BCUT2D eigenvalue weighted by Crippen LogP contribution is -2.40. The maximum atomic E-state index is 12.9. The number of carbonyl (C=O) groups is 2. The third-order valence-corrected chi connectivity index (χ3v) is 5.91. The molecule has 1 aromatic carbocycles. The molecule has 0 aliphatic carbocycles. The summed E-state index contributed by atoms with van der Waals surface area (Å²) >= 11 is 1.46. The van der Waals surface area contributed by atoms with E-state index in [4.69, 9.17) is 0 Å². The van der Waals surface area contributed by atoms with Crippen LogP contribution >= 0.6 is 11.3 Å². The van der Waals surface area contributed by atoms with Crippen LogP contribution in [-0.4, -0.2) is 26.6 Å². The minimum absolute atomic E-state index is 0.224. The minimum atomic E-state index is -0.991. The van der Waals surface area contributed by atoms with Crippen LogP contribution in [-0.2, 0) is 16.9 Å². The molecule has 7 heteroatoms. The topological polar surface area (TPSA) is 67.2 Å². The highest BCUT2D eigenvalue weighted by atomic mass is 32.1. The molecule has 1 fully saturated rings. The van der Waals surface area contributed by atoms with Crippen LogP contribution in [0.1, 0.15) is 28.8 Å². The number of amides is 3. The number of aromatic nitrogens is 2. The third-order valence-electron chi connectivity index (χ3n) is 4.82. The van der Waals surface area contributed by atoms with Crippen LogP contribution in [0.25, 0.3) is 5.69 Å². The second-order valence-corrected chi connectivity index (χ2v) is 7.88. The van der Waals surface area contributed by atoms with E-state index in [0.29, 0.717) is 0 Å². The highest BCUT2D eigenvalue weighted by Crippen LogP contribution is 2.32. The molecule has 1 atom stereocenters. The first-order valence-corrected chi connectivity index (χ1v) is 9.57. The number of aryl methyl sites for hydroxylation is 2. The van der Waals surface area contributed by atoms with Crippen LogP contribution in [0.2, 0.25) is 0 Å². The average molecular weight is 380 g/mol. The van der Waals surface area contributed by atoms with Gasteiger partial charge in [-0.15, -0.1) is 11.3 Å². The van der Waals surface area contributed by atoms with Gasteiger partial charge in [-0.2, -0.15) is 5.10 Å². The van der Waals surface area contributed by atoms with Crippen molar-refractivity contribution in [2.24, 2.45) is 0 Å². The smallest absolute Gasteiger partial charge is 0.319 e. The summed E-state index contributed by atoms with van der Waals surface area (Å²) in [6.07, 6.45) is 0. The second kappa shape index (κ2) is 6.35. The monoisotopic (exact) mass is 380 g/mol. The number of benzene rings is 1. The number of thiophene rings is 1. The molecule has 2 aromatic heterocycles. The molecule has 6 nitrogen and oxygen atoms in total. The predicted octanol–water partition coefficient (Wildman–Crippen LogP) is 3.52. The number of nitrogens with one attached hydrogen (secondary N) is 1. The summed E-state index contributed by atoms with van der Waals surface area (Å²) in [7, 11) is 0. The van der Waals surface area contributed by atoms with Crippen molar-refractivity contribution in [3.8, 4) is 5.69 Å². The normalized spacial score (nSPS) is 19.6. The first-order chi connectivity index (χ1) is 12.9. The Morgan fingerprint density at radius 2 is 1.89 bits per heavy atom. The number of imide groups is 1. The molecule has 1 saturated heterocycles. The van der Waals surface area contributed by atoms with Crippen molar-refractivity contribution in [2.75, 3.05) is 0 Å². The molecular formula is C20H20N4O2S. The molecule has 0 bridgehead atoms. The summed E-state index contributed by atoms with van der Waals surface area (Å²) < 4.78 is 1.88. The third kappa shape index (κ3) is 2.94. The van der Waals surface area contributed by atoms with Crippen LogP contribution < -0.4 is 5.32 Å². The highest BCUT2D eigenvalue weighted by Gasteiger charge is 2.49. The number of hydrogen-bond donors (Lipinski definition) is 1. The van der Waals surface area contributed by atoms with E-state index in [1.165, 1.54) is 16.2 Å². The molecule has 1 N–H and O–H groups in total. The predicted molar refractivity (Wildman–Crippen MR) is 104 cm³/mol. The van der Waals surface area contributed by atoms with E-state index < -0.39 is 5.54 Å². The van der Waals surface area contributed by atoms with Crippen molar-refractivity contribution in [3.63, 3.8) is 0 Å². The van der Waals surface area contributed by atoms with Gasteiger partial charge in [0.05, 0.1) is 17.9 Å². The molecule has 1 aliphatic rings. The number of hydrogen-bond acceptors (Lipinski definition) is 4. The SMILES string of the molecule is Cc1cc(C)n(-c2ccc(CN3C(=O)NC(C)(c4cccs4)C3=O)cc2)n1. The van der Waals surface area contributed by atoms with Crippen molar-refractivity contribution < 1.29 is 9.59 Å². The lowest BCUT2D eigenvalue weighted by molar-refractivity contribution is -0.131. The molecule has 4 rings (SSSR count). The molecule has 138 valence electrons. The van der Waals surface area contributed by atoms with E-state index in [1.807, 2.05) is 66.4 Å². The highest BCUT2D eigenvalue weighted by molar-refractivity contribution is 7.10. The molecule has 27 heavy (non-hydrogen) atoms. The lowest BCUT2D eigenvalue weighted by atomic mass is 10.0. The van der Waals surface area contributed by atoms with Gasteiger partial charge in [0.1, 0.15) is 0 Å². The van der Waals surface area contributed by atoms with Crippen LogP contribution in [0.4, 0.5) is 4.79 Å². The summed E-state index contributed by atoms with van der Waals surface area (Å²) in [6, 6.07) is 13.2. The van der Waals surface area contributed by atoms with Gasteiger partial charge in [-0.05, 0) is 56.0 Å². The number of nitrogens with zero attached hydrogens (tertiary/aromatic N) is 3. The van der Waals surface area contributed by atoms with Crippen LogP contribution in [0, 0.1) is 13.8 Å². The molecule has 0 saturated carbocycles. The summed E-state index contributed by atoms with van der Waals surface area (Å²) in [5, 5.41) is 9.21. The average Bonchev–Trinajstić information content (AvgIpc) is 3.33. The lowest BCUT2D eigenvalue weighted by Gasteiger charge is -2.20. The van der Waals surface area contributed by atoms with Crippen molar-refractivity contribution in [2.45, 2.75) is 32.9 Å². The molecular weight excluding hydrogens is 360 g/mol. The Bertz CT molecular complexity index is 1010. The quantitative estimate of drug-likeness (QED) is 0.704. The first kappa shape index (κ1) is 17.5. The molecule has 3 amide bonds. The van der Waals surface area contributed by atoms with E-state index in [1.54, 1.807) is 6.92 Å². The van der Waals surface area contributed by atoms with Crippen LogP contribution in [0.5, 0.6) is 0 Å². The molecule has 3 aromatic rings. The van der Waals surface area contributed by atoms with Gasteiger partial charge in [-0.25, -0.2) is 9.48 Å². The summed E-state index contributed by atoms with van der Waals surface area (Å²) in [6.45, 7) is 5.96. The van der Waals surface area contributed by atoms with E-state index in [0.717, 1.165) is 27.5 Å². The van der Waals surface area contributed by atoms with Crippen molar-refractivity contribution in [3.05, 3.63) is 69.7 Å². The Kier molecular flexibility index (Phi) is 4.11. The van der Waals surface area contributed by atoms with E-state index >= 15 is 0 Å². The van der Waals surface area contributed by atoms with Gasteiger partial charge < -0.3 is 5.32 Å².